The van der Waals surface area contributed by atoms with E-state index in [-0.39, 0.29) is 11.5 Å². The molecule has 1 rings (SSSR count). The normalized spacial score (nSPS) is 11.9. The van der Waals surface area contributed by atoms with Crippen LogP contribution in [0.25, 0.3) is 0 Å². The molecule has 0 unspecified atom stereocenters. The standard InChI is InChI=1S/C12H13F3O/c1-7(2)9-5-4-8(3)10(6-9)11(16)12(13,14)15/h4-7H,1-3H3. The van der Waals surface area contributed by atoms with E-state index in [4.69, 9.17) is 0 Å². The van der Waals surface area contributed by atoms with Crippen molar-refractivity contribution in [3.8, 4) is 0 Å². The Bertz CT molecular complexity index is 405. The summed E-state index contributed by atoms with van der Waals surface area (Å²) < 4.78 is 36.9. The summed E-state index contributed by atoms with van der Waals surface area (Å²) in [4.78, 5) is 11.1. The van der Waals surface area contributed by atoms with Gasteiger partial charge in [-0.3, -0.25) is 4.79 Å². The molecule has 0 spiro atoms. The number of hydrogen-bond acceptors (Lipinski definition) is 1. The fraction of sp³-hybridized carbons (Fsp3) is 0.417. The number of carbonyl (C=O) groups is 1. The SMILES string of the molecule is Cc1ccc(C(C)C)cc1C(=O)C(F)(F)F. The first kappa shape index (κ1) is 12.7. The van der Waals surface area contributed by atoms with Crippen molar-refractivity contribution < 1.29 is 18.0 Å². The summed E-state index contributed by atoms with van der Waals surface area (Å²) >= 11 is 0. The van der Waals surface area contributed by atoms with E-state index in [0.717, 1.165) is 5.56 Å². The van der Waals surface area contributed by atoms with E-state index < -0.39 is 12.0 Å². The molecule has 0 radical (unpaired) electrons. The number of alkyl halides is 3. The van der Waals surface area contributed by atoms with E-state index in [1.54, 1.807) is 12.1 Å². The van der Waals surface area contributed by atoms with Crippen molar-refractivity contribution in [1.82, 2.24) is 0 Å². The quantitative estimate of drug-likeness (QED) is 0.705. The second-order valence-corrected chi connectivity index (χ2v) is 4.06. The van der Waals surface area contributed by atoms with Crippen LogP contribution in [0.15, 0.2) is 18.2 Å². The van der Waals surface area contributed by atoms with Crippen molar-refractivity contribution in [3.63, 3.8) is 0 Å². The van der Waals surface area contributed by atoms with Crippen molar-refractivity contribution in [2.24, 2.45) is 0 Å². The Labute approximate surface area is 92.3 Å². The summed E-state index contributed by atoms with van der Waals surface area (Å²) in [6.45, 7) is 5.24. The third-order valence-electron chi connectivity index (χ3n) is 2.43. The third kappa shape index (κ3) is 2.62. The maximum Gasteiger partial charge on any atom is 0.454 e. The topological polar surface area (TPSA) is 17.1 Å². The average Bonchev–Trinajstić information content (AvgIpc) is 2.15. The first-order valence-corrected chi connectivity index (χ1v) is 4.95. The molecule has 0 saturated heterocycles. The number of hydrogen-bond donors (Lipinski definition) is 0. The molecule has 0 atom stereocenters. The van der Waals surface area contributed by atoms with Gasteiger partial charge in [-0.15, -0.1) is 0 Å². The predicted octanol–water partition coefficient (Wildman–Crippen LogP) is 3.86. The van der Waals surface area contributed by atoms with E-state index in [1.807, 2.05) is 13.8 Å². The highest BCUT2D eigenvalue weighted by atomic mass is 19.4. The van der Waals surface area contributed by atoms with Crippen molar-refractivity contribution >= 4 is 5.78 Å². The van der Waals surface area contributed by atoms with Gasteiger partial charge in [0, 0.05) is 5.56 Å². The number of rotatable bonds is 2. The Kier molecular flexibility index (Phi) is 3.41. The summed E-state index contributed by atoms with van der Waals surface area (Å²) in [7, 11) is 0. The first-order valence-electron chi connectivity index (χ1n) is 4.95. The largest absolute Gasteiger partial charge is 0.454 e. The monoisotopic (exact) mass is 230 g/mol. The molecule has 0 aromatic heterocycles. The van der Waals surface area contributed by atoms with Crippen LogP contribution >= 0.6 is 0 Å². The Morgan fingerprint density at radius 3 is 2.25 bits per heavy atom. The van der Waals surface area contributed by atoms with Gasteiger partial charge in [0.25, 0.3) is 5.78 Å². The van der Waals surface area contributed by atoms with Crippen LogP contribution in [0.5, 0.6) is 0 Å². The Hall–Kier alpha value is -1.32. The smallest absolute Gasteiger partial charge is 0.284 e. The molecule has 0 heterocycles. The summed E-state index contributed by atoms with van der Waals surface area (Å²) in [6.07, 6.45) is -4.81. The number of benzene rings is 1. The molecule has 0 saturated carbocycles. The van der Waals surface area contributed by atoms with E-state index in [9.17, 15) is 18.0 Å². The fourth-order valence-electron chi connectivity index (χ4n) is 1.40. The van der Waals surface area contributed by atoms with Gasteiger partial charge >= 0.3 is 6.18 Å². The summed E-state index contributed by atoms with van der Waals surface area (Å²) in [5.41, 5.74) is 0.837. The Morgan fingerprint density at radius 1 is 1.25 bits per heavy atom. The van der Waals surface area contributed by atoms with Crippen LogP contribution in [-0.4, -0.2) is 12.0 Å². The second kappa shape index (κ2) is 4.28. The lowest BCUT2D eigenvalue weighted by molar-refractivity contribution is -0.0885. The van der Waals surface area contributed by atoms with Gasteiger partial charge in [-0.1, -0.05) is 26.0 Å². The minimum absolute atomic E-state index is 0.0976. The van der Waals surface area contributed by atoms with Gasteiger partial charge < -0.3 is 0 Å². The maximum absolute atomic E-state index is 12.3. The zero-order chi connectivity index (χ0) is 12.5. The minimum atomic E-state index is -4.81. The van der Waals surface area contributed by atoms with Crippen LogP contribution in [0.4, 0.5) is 13.2 Å². The number of aryl methyl sites for hydroxylation is 1. The zero-order valence-electron chi connectivity index (χ0n) is 9.35. The predicted molar refractivity (Wildman–Crippen MR) is 55.7 cm³/mol. The van der Waals surface area contributed by atoms with E-state index in [2.05, 4.69) is 0 Å². The highest BCUT2D eigenvalue weighted by Gasteiger charge is 2.40. The molecule has 0 aliphatic rings. The molecule has 0 bridgehead atoms. The van der Waals surface area contributed by atoms with Crippen LogP contribution in [0.2, 0.25) is 0 Å². The van der Waals surface area contributed by atoms with Crippen LogP contribution in [0.1, 0.15) is 41.3 Å². The summed E-state index contributed by atoms with van der Waals surface area (Å²) in [6, 6.07) is 4.62. The molecule has 0 N–H and O–H groups in total. The highest BCUT2D eigenvalue weighted by molar-refractivity contribution is 6.01. The maximum atomic E-state index is 12.3. The van der Waals surface area contributed by atoms with E-state index in [1.165, 1.54) is 13.0 Å². The molecule has 16 heavy (non-hydrogen) atoms. The lowest BCUT2D eigenvalue weighted by Gasteiger charge is -2.11. The minimum Gasteiger partial charge on any atom is -0.284 e. The lowest BCUT2D eigenvalue weighted by atomic mass is 9.96. The van der Waals surface area contributed by atoms with Crippen LogP contribution < -0.4 is 0 Å². The van der Waals surface area contributed by atoms with Gasteiger partial charge in [0.2, 0.25) is 0 Å². The Balaban J connectivity index is 3.23. The second-order valence-electron chi connectivity index (χ2n) is 4.06. The highest BCUT2D eigenvalue weighted by Crippen LogP contribution is 2.26. The fourth-order valence-corrected chi connectivity index (χ4v) is 1.40. The number of carbonyl (C=O) groups excluding carboxylic acids is 1. The van der Waals surface area contributed by atoms with E-state index >= 15 is 0 Å². The number of Topliss-reactive ketones (excluding diaryl/α,β-unsaturated/α-hetero) is 1. The van der Waals surface area contributed by atoms with Crippen molar-refractivity contribution in [2.45, 2.75) is 32.9 Å². The first-order chi connectivity index (χ1) is 7.23. The van der Waals surface area contributed by atoms with Crippen LogP contribution in [0.3, 0.4) is 0 Å². The molecular weight excluding hydrogens is 217 g/mol. The molecule has 1 aromatic carbocycles. The molecule has 0 amide bonds. The van der Waals surface area contributed by atoms with Gasteiger partial charge in [-0.2, -0.15) is 13.2 Å². The number of halogens is 3. The molecular formula is C12H13F3O. The van der Waals surface area contributed by atoms with Crippen LogP contribution in [-0.2, 0) is 0 Å². The number of ketones is 1. The van der Waals surface area contributed by atoms with Crippen LogP contribution in [0, 0.1) is 6.92 Å². The third-order valence-corrected chi connectivity index (χ3v) is 2.43. The summed E-state index contributed by atoms with van der Waals surface area (Å²) in [5.74, 6) is -1.67. The zero-order valence-corrected chi connectivity index (χ0v) is 9.35. The van der Waals surface area contributed by atoms with Gasteiger partial charge in [0.05, 0.1) is 0 Å². The molecule has 4 heteroatoms. The molecule has 1 nitrogen and oxygen atoms in total. The molecule has 0 aliphatic heterocycles. The van der Waals surface area contributed by atoms with E-state index in [0.29, 0.717) is 5.56 Å². The molecule has 1 aromatic rings. The lowest BCUT2D eigenvalue weighted by Crippen LogP contribution is -2.23. The molecule has 0 aliphatic carbocycles. The van der Waals surface area contributed by atoms with Crippen molar-refractivity contribution in [2.75, 3.05) is 0 Å². The Morgan fingerprint density at radius 2 is 1.81 bits per heavy atom. The van der Waals surface area contributed by atoms with Gasteiger partial charge in [0.1, 0.15) is 0 Å². The van der Waals surface area contributed by atoms with Gasteiger partial charge in [0.15, 0.2) is 0 Å². The summed E-state index contributed by atoms with van der Waals surface area (Å²) in [5, 5.41) is 0. The van der Waals surface area contributed by atoms with Crippen molar-refractivity contribution in [3.05, 3.63) is 34.9 Å². The average molecular weight is 230 g/mol. The van der Waals surface area contributed by atoms with Gasteiger partial charge in [-0.25, -0.2) is 0 Å². The van der Waals surface area contributed by atoms with Gasteiger partial charge in [-0.05, 0) is 30.0 Å². The van der Waals surface area contributed by atoms with Crippen molar-refractivity contribution in [1.29, 1.82) is 0 Å². The molecule has 0 fully saturated rings. The molecule has 88 valence electrons.